The lowest BCUT2D eigenvalue weighted by Crippen LogP contribution is -2.38. The summed E-state index contributed by atoms with van der Waals surface area (Å²) in [7, 11) is 0. The molecule has 0 spiro atoms. The van der Waals surface area contributed by atoms with Crippen LogP contribution in [0.1, 0.15) is 37.0 Å². The van der Waals surface area contributed by atoms with E-state index in [4.69, 9.17) is 5.73 Å². The fourth-order valence-corrected chi connectivity index (χ4v) is 1.67. The van der Waals surface area contributed by atoms with E-state index in [1.165, 1.54) is 0 Å². The summed E-state index contributed by atoms with van der Waals surface area (Å²) in [6.45, 7) is 3.79. The van der Waals surface area contributed by atoms with Crippen molar-refractivity contribution in [3.63, 3.8) is 0 Å². The van der Waals surface area contributed by atoms with Gasteiger partial charge < -0.3 is 16.4 Å². The van der Waals surface area contributed by atoms with Gasteiger partial charge in [0.1, 0.15) is 0 Å². The molecule has 0 saturated heterocycles. The SMILES string of the molecule is CC(C)(CN)C(=O)Nc1ccccc1C(=O)NC1CC1. The van der Waals surface area contributed by atoms with Crippen LogP contribution in [0.3, 0.4) is 0 Å². The molecule has 0 aromatic heterocycles. The van der Waals surface area contributed by atoms with E-state index in [2.05, 4.69) is 10.6 Å². The van der Waals surface area contributed by atoms with Crippen LogP contribution in [0.25, 0.3) is 0 Å². The standard InChI is InChI=1S/C15H21N3O2/c1-15(2,9-16)14(20)18-12-6-4-3-5-11(12)13(19)17-10-7-8-10/h3-6,10H,7-9,16H2,1-2H3,(H,17,19)(H,18,20). The molecule has 2 rings (SSSR count). The number of carbonyl (C=O) groups is 2. The van der Waals surface area contributed by atoms with E-state index in [1.54, 1.807) is 38.1 Å². The monoisotopic (exact) mass is 275 g/mol. The lowest BCUT2D eigenvalue weighted by Gasteiger charge is -2.22. The lowest BCUT2D eigenvalue weighted by atomic mass is 9.92. The van der Waals surface area contributed by atoms with Crippen molar-refractivity contribution >= 4 is 17.5 Å². The predicted octanol–water partition coefficient (Wildman–Crippen LogP) is 1.50. The average molecular weight is 275 g/mol. The van der Waals surface area contributed by atoms with Crippen LogP contribution < -0.4 is 16.4 Å². The van der Waals surface area contributed by atoms with Crippen molar-refractivity contribution in [3.05, 3.63) is 29.8 Å². The van der Waals surface area contributed by atoms with Crippen molar-refractivity contribution < 1.29 is 9.59 Å². The van der Waals surface area contributed by atoms with E-state index in [9.17, 15) is 9.59 Å². The van der Waals surface area contributed by atoms with Crippen LogP contribution >= 0.6 is 0 Å². The number of carbonyl (C=O) groups excluding carboxylic acids is 2. The summed E-state index contributed by atoms with van der Waals surface area (Å²) < 4.78 is 0. The predicted molar refractivity (Wildman–Crippen MR) is 78.4 cm³/mol. The third kappa shape index (κ3) is 3.36. The van der Waals surface area contributed by atoms with Crippen molar-refractivity contribution in [2.45, 2.75) is 32.7 Å². The first-order valence-corrected chi connectivity index (χ1v) is 6.85. The molecule has 1 aromatic rings. The highest BCUT2D eigenvalue weighted by atomic mass is 16.2. The maximum Gasteiger partial charge on any atom is 0.253 e. The Morgan fingerprint density at radius 2 is 1.95 bits per heavy atom. The highest BCUT2D eigenvalue weighted by Gasteiger charge is 2.28. The molecule has 0 radical (unpaired) electrons. The van der Waals surface area contributed by atoms with Gasteiger partial charge in [0.25, 0.3) is 5.91 Å². The highest BCUT2D eigenvalue weighted by molar-refractivity contribution is 6.05. The minimum atomic E-state index is -0.667. The molecule has 2 amide bonds. The summed E-state index contributed by atoms with van der Waals surface area (Å²) in [5.41, 5.74) is 5.94. The zero-order valence-corrected chi connectivity index (χ0v) is 11.9. The maximum absolute atomic E-state index is 12.2. The van der Waals surface area contributed by atoms with Gasteiger partial charge in [0, 0.05) is 12.6 Å². The van der Waals surface area contributed by atoms with Crippen LogP contribution in [-0.4, -0.2) is 24.4 Å². The number of para-hydroxylation sites is 1. The van der Waals surface area contributed by atoms with Gasteiger partial charge in [0.05, 0.1) is 16.7 Å². The van der Waals surface area contributed by atoms with Gasteiger partial charge in [-0.2, -0.15) is 0 Å². The van der Waals surface area contributed by atoms with E-state index in [-0.39, 0.29) is 24.4 Å². The molecule has 0 bridgehead atoms. The Hall–Kier alpha value is -1.88. The molecular formula is C15H21N3O2. The maximum atomic E-state index is 12.2. The lowest BCUT2D eigenvalue weighted by molar-refractivity contribution is -0.123. The topological polar surface area (TPSA) is 84.2 Å². The van der Waals surface area contributed by atoms with E-state index in [1.807, 2.05) is 0 Å². The summed E-state index contributed by atoms with van der Waals surface area (Å²) >= 11 is 0. The second-order valence-electron chi connectivity index (χ2n) is 5.84. The van der Waals surface area contributed by atoms with E-state index in [0.717, 1.165) is 12.8 Å². The fourth-order valence-electron chi connectivity index (χ4n) is 1.67. The summed E-state index contributed by atoms with van der Waals surface area (Å²) in [4.78, 5) is 24.3. The van der Waals surface area contributed by atoms with Gasteiger partial charge in [0.15, 0.2) is 0 Å². The molecule has 5 heteroatoms. The molecule has 20 heavy (non-hydrogen) atoms. The normalized spacial score (nSPS) is 14.8. The molecule has 1 aliphatic carbocycles. The number of hydrogen-bond donors (Lipinski definition) is 3. The minimum absolute atomic E-state index is 0.144. The zero-order valence-electron chi connectivity index (χ0n) is 11.9. The molecule has 0 unspecified atom stereocenters. The van der Waals surface area contributed by atoms with Crippen molar-refractivity contribution in [2.75, 3.05) is 11.9 Å². The molecule has 4 N–H and O–H groups in total. The molecule has 1 saturated carbocycles. The number of nitrogens with one attached hydrogen (secondary N) is 2. The first kappa shape index (κ1) is 14.5. The van der Waals surface area contributed by atoms with Gasteiger partial charge in [-0.3, -0.25) is 9.59 Å². The highest BCUT2D eigenvalue weighted by Crippen LogP contribution is 2.23. The Labute approximate surface area is 118 Å². The number of nitrogens with two attached hydrogens (primary N) is 1. The Morgan fingerprint density at radius 3 is 2.55 bits per heavy atom. The minimum Gasteiger partial charge on any atom is -0.349 e. The Bertz CT molecular complexity index is 522. The number of rotatable bonds is 5. The zero-order chi connectivity index (χ0) is 14.8. The largest absolute Gasteiger partial charge is 0.349 e. The van der Waals surface area contributed by atoms with Crippen LogP contribution in [0.2, 0.25) is 0 Å². The van der Waals surface area contributed by atoms with Crippen LogP contribution in [0.15, 0.2) is 24.3 Å². The molecular weight excluding hydrogens is 254 g/mol. The van der Waals surface area contributed by atoms with Crippen LogP contribution in [-0.2, 0) is 4.79 Å². The van der Waals surface area contributed by atoms with Gasteiger partial charge in [-0.25, -0.2) is 0 Å². The van der Waals surface area contributed by atoms with Crippen LogP contribution in [0, 0.1) is 5.41 Å². The van der Waals surface area contributed by atoms with E-state index < -0.39 is 5.41 Å². The number of amides is 2. The van der Waals surface area contributed by atoms with Gasteiger partial charge >= 0.3 is 0 Å². The first-order valence-electron chi connectivity index (χ1n) is 6.85. The molecule has 5 nitrogen and oxygen atoms in total. The summed E-state index contributed by atoms with van der Waals surface area (Å²) in [5.74, 6) is -0.333. The Balaban J connectivity index is 2.15. The van der Waals surface area contributed by atoms with Crippen molar-refractivity contribution in [1.82, 2.24) is 5.32 Å². The van der Waals surface area contributed by atoms with Gasteiger partial charge in [-0.15, -0.1) is 0 Å². The van der Waals surface area contributed by atoms with E-state index >= 15 is 0 Å². The smallest absolute Gasteiger partial charge is 0.253 e. The molecule has 1 fully saturated rings. The molecule has 1 aliphatic rings. The number of anilines is 1. The molecule has 0 heterocycles. The number of benzene rings is 1. The van der Waals surface area contributed by atoms with Gasteiger partial charge in [-0.1, -0.05) is 12.1 Å². The second kappa shape index (κ2) is 5.63. The summed E-state index contributed by atoms with van der Waals surface area (Å²) in [6, 6.07) is 7.30. The van der Waals surface area contributed by atoms with Crippen molar-refractivity contribution in [3.8, 4) is 0 Å². The Kier molecular flexibility index (Phi) is 4.09. The van der Waals surface area contributed by atoms with Crippen molar-refractivity contribution in [1.29, 1.82) is 0 Å². The van der Waals surface area contributed by atoms with E-state index in [0.29, 0.717) is 11.3 Å². The average Bonchev–Trinajstić information content (AvgIpc) is 3.23. The first-order chi connectivity index (χ1) is 9.44. The van der Waals surface area contributed by atoms with Crippen LogP contribution in [0.4, 0.5) is 5.69 Å². The quantitative estimate of drug-likeness (QED) is 0.761. The third-order valence-electron chi connectivity index (χ3n) is 3.46. The molecule has 108 valence electrons. The molecule has 0 aliphatic heterocycles. The summed E-state index contributed by atoms with van der Waals surface area (Å²) in [6.07, 6.45) is 2.06. The Morgan fingerprint density at radius 1 is 1.30 bits per heavy atom. The fraction of sp³-hybridized carbons (Fsp3) is 0.467. The molecule has 1 aromatic carbocycles. The number of hydrogen-bond acceptors (Lipinski definition) is 3. The van der Waals surface area contributed by atoms with Gasteiger partial charge in [-0.05, 0) is 38.8 Å². The third-order valence-corrected chi connectivity index (χ3v) is 3.46. The second-order valence-corrected chi connectivity index (χ2v) is 5.84. The van der Waals surface area contributed by atoms with Crippen LogP contribution in [0.5, 0.6) is 0 Å². The summed E-state index contributed by atoms with van der Waals surface area (Å²) in [5, 5.41) is 5.72. The van der Waals surface area contributed by atoms with Crippen molar-refractivity contribution in [2.24, 2.45) is 11.1 Å². The molecule has 0 atom stereocenters. The van der Waals surface area contributed by atoms with Gasteiger partial charge in [0.2, 0.25) is 5.91 Å².